The number of anilines is 3. The van der Waals surface area contributed by atoms with Crippen LogP contribution < -0.4 is 37.6 Å². The van der Waals surface area contributed by atoms with E-state index in [2.05, 4.69) is 146 Å². The number of ether oxygens (including phenoxy) is 6. The van der Waals surface area contributed by atoms with Crippen LogP contribution >= 0.6 is 27.5 Å². The number of amidine groups is 1. The molecule has 0 bridgehead atoms. The summed E-state index contributed by atoms with van der Waals surface area (Å²) in [5, 5.41) is 87.2. The third kappa shape index (κ3) is 21.2. The molecular formula is C70H121N19O15P4. The van der Waals surface area contributed by atoms with Gasteiger partial charge in [0.25, 0.3) is 5.56 Å². The zero-order valence-corrected chi connectivity index (χ0v) is 67.0. The van der Waals surface area contributed by atoms with Gasteiger partial charge in [-0.3, -0.25) is 23.1 Å². The van der Waals surface area contributed by atoms with Crippen molar-refractivity contribution in [3.05, 3.63) is 46.2 Å². The van der Waals surface area contributed by atoms with Crippen molar-refractivity contribution < 1.29 is 69.3 Å². The molecule has 7 aromatic heterocycles. The lowest BCUT2D eigenvalue weighted by atomic mass is 10.1. The zero-order valence-electron chi connectivity index (χ0n) is 63.4. The molecule has 16 N–H and O–H groups in total. The van der Waals surface area contributed by atoms with Gasteiger partial charge in [0.1, 0.15) is 89.8 Å². The number of fused-ring (bicyclic) bond motifs is 4. The van der Waals surface area contributed by atoms with E-state index < -0.39 is 132 Å². The van der Waals surface area contributed by atoms with E-state index in [1.165, 1.54) is 12.7 Å². The third-order valence-electron chi connectivity index (χ3n) is 18.6. The Morgan fingerprint density at radius 3 is 1.31 bits per heavy atom. The van der Waals surface area contributed by atoms with E-state index in [1.54, 1.807) is 25.2 Å². The number of aryl methyl sites for hydroxylation is 3. The Balaban J connectivity index is 0.000000199. The zero-order chi connectivity index (χ0) is 78.0. The number of aliphatic imine (C=N–C) groups is 1. The lowest BCUT2D eigenvalue weighted by Crippen LogP contribution is -2.33. The summed E-state index contributed by atoms with van der Waals surface area (Å²) in [4.78, 5) is 57.7. The molecule has 34 nitrogen and oxygen atoms in total. The molecule has 17 atom stereocenters. The summed E-state index contributed by atoms with van der Waals surface area (Å²) in [6.07, 6.45) is 15.2. The fraction of sp³-hybridized carbons (Fsp3) is 0.671. The molecule has 0 amide bonds. The largest absolute Gasteiger partial charge is 0.476 e. The number of aliphatic hydroxyl groups is 8. The Kier molecular flexibility index (Phi) is 30.3. The molecule has 4 fully saturated rings. The molecular weight excluding hydrogens is 1470 g/mol. The van der Waals surface area contributed by atoms with Crippen molar-refractivity contribution in [1.29, 1.82) is 0 Å². The number of rotatable bonds is 24. The molecule has 0 radical (unpaired) electrons. The summed E-state index contributed by atoms with van der Waals surface area (Å²) in [5.74, 6) is 3.74. The minimum atomic E-state index is -1.26. The molecule has 7 aromatic rings. The monoisotopic (exact) mass is 1590 g/mol. The van der Waals surface area contributed by atoms with Gasteiger partial charge in [-0.05, 0) is 137 Å². The number of H-pyrrole nitrogens is 1. The minimum Gasteiger partial charge on any atom is -0.476 e. The highest BCUT2D eigenvalue weighted by Gasteiger charge is 2.49. The molecule has 606 valence electrons. The molecule has 0 spiro atoms. The average molecular weight is 1590 g/mol. The smallest absolute Gasteiger partial charge is 0.279 e. The first-order valence-corrected chi connectivity index (χ1v) is 48.0. The molecule has 12 rings (SSSR count). The molecule has 0 aromatic carbocycles. The number of hydrogen-bond acceptors (Lipinski definition) is 29. The summed E-state index contributed by atoms with van der Waals surface area (Å²) in [6, 6.07) is 0. The fourth-order valence-electron chi connectivity index (χ4n) is 12.9. The number of aromatic nitrogens is 14. The van der Waals surface area contributed by atoms with Crippen molar-refractivity contribution in [2.45, 2.75) is 212 Å². The fourth-order valence-corrected chi connectivity index (χ4v) is 16.7. The summed E-state index contributed by atoms with van der Waals surface area (Å²) in [5.41, 5.74) is 20.3. The standard InChI is InChI=1S/C18H30N5O4P.C17H28N5O4P.C17H27N4O4P.C16H28N5O3P.2CH4/c1-5-6-8-26-16-12-15(21-18(19)22-16)23(10-20-12)17-14(25)13(24)11(27-17)7-9-28(2,3)4;1-5-7-25-15-11-14(20-17(18)21-15)22(9-19-11)16-13(24)12(23)10(26-16)6-8-27(2,3)4;1-6-11-20-12-15(18-9(2)19-16(12)24)21(11)17-14(23)13(22)10(25-17)7-8-26(3,4)5;1-8-18-14(17)11-15(19-8)21(9(2)20-11)16-13(23)12(22)10(24-16)6-7-25(3,4)5;;/h10-11,13-14,17,24-25H,2,5-9H2,1,3-4H3,(H2,19,21,22);9-10,12-13,16,23-24H,2,5-8H2,1,3-4H3,(H2,18,20,21);10,13-14,17,22-23H,3,6-8H2,1-2,4-5H3,(H,18,19,24);10,12-14,16,22-23H,3,6-7,17H2,1-2,4-5H3,(H,18,19);2*1H4/t11-,13-,14-,17-;10-,12-,13-,16-;10-,13-,14-,17-;10-,12-,13-,14?,16-;;/m1111../s1. The molecule has 38 heteroatoms. The van der Waals surface area contributed by atoms with Crippen molar-refractivity contribution in [2.24, 2.45) is 10.7 Å². The van der Waals surface area contributed by atoms with Gasteiger partial charge in [-0.25, -0.2) is 29.9 Å². The van der Waals surface area contributed by atoms with Crippen molar-refractivity contribution in [2.75, 3.05) is 108 Å². The van der Waals surface area contributed by atoms with E-state index >= 15 is 0 Å². The quantitative estimate of drug-likeness (QED) is 0.0282. The van der Waals surface area contributed by atoms with Crippen molar-refractivity contribution in [3.8, 4) is 11.8 Å². The second-order valence-corrected chi connectivity index (χ2v) is 47.8. The summed E-state index contributed by atoms with van der Waals surface area (Å²) in [6.45, 7) is 24.3. The Morgan fingerprint density at radius 1 is 0.519 bits per heavy atom. The Morgan fingerprint density at radius 2 is 0.917 bits per heavy atom. The van der Waals surface area contributed by atoms with Crippen LogP contribution in [0, 0.1) is 13.8 Å². The SMILES string of the molecule is C.C.C=P(C)(C)CC[C@H]1O[C@@H](n2c(C)nc3c2NC(C)=NC3N)[C@H](O)[C@@H]1O.C=P(C)(C)CC[C@H]1O[C@@H](n2c(CC)nc3c(=O)[nH]c(C)nc32)[C@H](O)[C@@H]1O.C=P(C)(C)CC[C@H]1O[C@@H](n2cnc3c(OCCC)nc(N)nc32)[C@H](O)[C@@H]1O.C=P(C)(C)CC[C@H]1O[C@@H](n2cnc3c(OCCCC)nc(N)nc32)[C@H](O)[C@@H]1O. The van der Waals surface area contributed by atoms with Gasteiger partial charge in [-0.2, -0.15) is 19.9 Å². The molecule has 5 aliphatic heterocycles. The van der Waals surface area contributed by atoms with Crippen LogP contribution in [0.5, 0.6) is 11.8 Å². The molecule has 0 saturated carbocycles. The van der Waals surface area contributed by atoms with Gasteiger partial charge in [-0.1, -0.05) is 42.0 Å². The third-order valence-corrected chi connectivity index (χ3v) is 24.4. The number of nitrogens with one attached hydrogen (secondary N) is 2. The molecule has 5 aliphatic rings. The number of nitrogens with zero attached hydrogens (tertiary/aromatic N) is 14. The number of unbranched alkanes of at least 4 members (excludes halogenated alkanes) is 1. The van der Waals surface area contributed by atoms with Gasteiger partial charge in [0, 0.05) is 6.42 Å². The van der Waals surface area contributed by atoms with E-state index in [0.29, 0.717) is 120 Å². The first-order chi connectivity index (χ1) is 49.6. The second-order valence-electron chi connectivity index (χ2n) is 30.6. The van der Waals surface area contributed by atoms with Gasteiger partial charge in [0.15, 0.2) is 58.4 Å². The van der Waals surface area contributed by atoms with E-state index in [9.17, 15) is 45.6 Å². The van der Waals surface area contributed by atoms with Crippen molar-refractivity contribution >= 4 is 110 Å². The highest BCUT2D eigenvalue weighted by atomic mass is 31.2. The normalized spacial score (nSPS) is 27.0. The van der Waals surface area contributed by atoms with Crippen molar-refractivity contribution in [3.63, 3.8) is 0 Å². The maximum atomic E-state index is 12.2. The first-order valence-electron chi connectivity index (χ1n) is 35.8. The number of nitrogen functional groups attached to an aromatic ring is 2. The van der Waals surface area contributed by atoms with Gasteiger partial charge in [-0.15, -0.1) is 52.7 Å². The molecule has 12 heterocycles. The highest BCUT2D eigenvalue weighted by molar-refractivity contribution is 7.73. The van der Waals surface area contributed by atoms with Gasteiger partial charge >= 0.3 is 0 Å². The average Bonchev–Trinajstić information content (AvgIpc) is 1.62. The maximum absolute atomic E-state index is 12.2. The van der Waals surface area contributed by atoms with E-state index in [4.69, 9.17) is 45.6 Å². The number of aromatic amines is 1. The molecule has 1 unspecified atom stereocenters. The van der Waals surface area contributed by atoms with E-state index in [-0.39, 0.29) is 37.8 Å². The van der Waals surface area contributed by atoms with E-state index in [0.717, 1.165) is 43.9 Å². The van der Waals surface area contributed by atoms with Crippen molar-refractivity contribution in [1.82, 2.24) is 68.1 Å². The maximum Gasteiger partial charge on any atom is 0.279 e. The van der Waals surface area contributed by atoms with Gasteiger partial charge in [0.2, 0.25) is 23.7 Å². The van der Waals surface area contributed by atoms with Crippen LogP contribution in [0.3, 0.4) is 0 Å². The van der Waals surface area contributed by atoms with Gasteiger partial charge in [0.05, 0.1) is 50.3 Å². The Labute approximate surface area is 633 Å². The van der Waals surface area contributed by atoms with Crippen LogP contribution in [0.25, 0.3) is 33.5 Å². The van der Waals surface area contributed by atoms with Crippen LogP contribution in [0.15, 0.2) is 22.4 Å². The van der Waals surface area contributed by atoms with Crippen LogP contribution in [0.4, 0.5) is 17.7 Å². The van der Waals surface area contributed by atoms with Crippen LogP contribution in [-0.2, 0) is 25.4 Å². The minimum absolute atomic E-state index is 0. The number of imidazole rings is 4. The Bertz CT molecular complexity index is 4490. The molecule has 4 saturated heterocycles. The first kappa shape index (κ1) is 89.2. The van der Waals surface area contributed by atoms with Gasteiger partial charge < -0.3 is 96.8 Å². The summed E-state index contributed by atoms with van der Waals surface area (Å²) < 4.78 is 41.9. The Hall–Kier alpha value is -5.99. The molecule has 108 heavy (non-hydrogen) atoms. The highest BCUT2D eigenvalue weighted by Crippen LogP contribution is 2.46. The lowest BCUT2D eigenvalue weighted by molar-refractivity contribution is -0.0373. The lowest BCUT2D eigenvalue weighted by Gasteiger charge is -2.24. The number of hydrogen-bond donors (Lipinski definition) is 13. The second kappa shape index (κ2) is 36.7. The number of nitrogens with two attached hydrogens (primary N) is 3. The number of aliphatic hydroxyl groups excluding tert-OH is 8. The predicted octanol–water partition coefficient (Wildman–Crippen LogP) is 4.91. The van der Waals surface area contributed by atoms with Crippen LogP contribution in [-0.4, -0.2) is 304 Å². The van der Waals surface area contributed by atoms with Crippen LogP contribution in [0.1, 0.15) is 142 Å². The predicted molar refractivity (Wildman–Crippen MR) is 437 cm³/mol. The van der Waals surface area contributed by atoms with Crippen LogP contribution in [0.2, 0.25) is 0 Å². The summed E-state index contributed by atoms with van der Waals surface area (Å²) in [7, 11) is 0. The summed E-state index contributed by atoms with van der Waals surface area (Å²) >= 11 is 0. The topological polar surface area (TPSA) is 488 Å². The van der Waals surface area contributed by atoms with E-state index in [1.807, 2.05) is 27.7 Å². The molecule has 0 aliphatic carbocycles.